The summed E-state index contributed by atoms with van der Waals surface area (Å²) in [5, 5.41) is 0. The predicted octanol–water partition coefficient (Wildman–Crippen LogP) is 2.25. The Kier molecular flexibility index (Phi) is 4.76. The number of halogens is 3. The molecule has 0 radical (unpaired) electrons. The Hall–Kier alpha value is -1.70. The predicted molar refractivity (Wildman–Crippen MR) is 73.9 cm³/mol. The van der Waals surface area contributed by atoms with Crippen LogP contribution in [0.3, 0.4) is 0 Å². The van der Waals surface area contributed by atoms with E-state index in [0.29, 0.717) is 0 Å². The topological polar surface area (TPSA) is 49.9 Å². The Morgan fingerprint density at radius 3 is 2.05 bits per heavy atom. The summed E-state index contributed by atoms with van der Waals surface area (Å²) >= 11 is 2.96. The third-order valence-corrected chi connectivity index (χ3v) is 3.68. The van der Waals surface area contributed by atoms with Crippen LogP contribution in [0.4, 0.5) is 13.6 Å². The van der Waals surface area contributed by atoms with Crippen LogP contribution in [-0.4, -0.2) is 55.1 Å². The van der Waals surface area contributed by atoms with Crippen molar-refractivity contribution in [1.82, 2.24) is 9.80 Å². The van der Waals surface area contributed by atoms with Gasteiger partial charge in [0.15, 0.2) is 0 Å². The van der Waals surface area contributed by atoms with E-state index in [0.717, 1.165) is 12.1 Å². The van der Waals surface area contributed by atoms with Gasteiger partial charge in [-0.1, -0.05) is 15.9 Å². The minimum absolute atomic E-state index is 0.197. The lowest BCUT2D eigenvalue weighted by atomic mass is 10.1. The number of amides is 2. The van der Waals surface area contributed by atoms with Crippen molar-refractivity contribution in [2.24, 2.45) is 0 Å². The van der Waals surface area contributed by atoms with E-state index in [2.05, 4.69) is 20.7 Å². The molecule has 2 rings (SSSR count). The number of ether oxygens (including phenoxy) is 1. The van der Waals surface area contributed by atoms with E-state index in [4.69, 9.17) is 0 Å². The molecule has 0 aromatic heterocycles. The van der Waals surface area contributed by atoms with E-state index < -0.39 is 29.2 Å². The zero-order valence-corrected chi connectivity index (χ0v) is 12.8. The summed E-state index contributed by atoms with van der Waals surface area (Å²) in [7, 11) is 1.27. The van der Waals surface area contributed by atoms with Crippen molar-refractivity contribution in [3.8, 4) is 0 Å². The van der Waals surface area contributed by atoms with E-state index in [1.165, 1.54) is 16.9 Å². The summed E-state index contributed by atoms with van der Waals surface area (Å²) in [6, 6.07) is 2.09. The van der Waals surface area contributed by atoms with Gasteiger partial charge in [-0.25, -0.2) is 13.6 Å². The van der Waals surface area contributed by atoms with E-state index in [9.17, 15) is 18.4 Å². The third kappa shape index (κ3) is 3.31. The van der Waals surface area contributed by atoms with Gasteiger partial charge in [0.2, 0.25) is 0 Å². The Bertz CT molecular complexity index is 552. The van der Waals surface area contributed by atoms with Crippen molar-refractivity contribution in [2.75, 3.05) is 33.3 Å². The highest BCUT2D eigenvalue weighted by Gasteiger charge is 2.28. The van der Waals surface area contributed by atoms with Gasteiger partial charge >= 0.3 is 6.09 Å². The third-order valence-electron chi connectivity index (χ3n) is 3.22. The second-order valence-electron chi connectivity index (χ2n) is 4.49. The summed E-state index contributed by atoms with van der Waals surface area (Å²) < 4.78 is 32.4. The van der Waals surface area contributed by atoms with Crippen LogP contribution in [0.15, 0.2) is 16.6 Å². The molecule has 8 heteroatoms. The van der Waals surface area contributed by atoms with Gasteiger partial charge in [0.25, 0.3) is 5.91 Å². The van der Waals surface area contributed by atoms with Crippen LogP contribution in [0.2, 0.25) is 0 Å². The zero-order valence-electron chi connectivity index (χ0n) is 11.2. The molecule has 5 nitrogen and oxygen atoms in total. The summed E-state index contributed by atoms with van der Waals surface area (Å²) in [5.74, 6) is -2.55. The molecule has 1 aromatic carbocycles. The van der Waals surface area contributed by atoms with Gasteiger partial charge in [0, 0.05) is 30.7 Å². The van der Waals surface area contributed by atoms with Crippen molar-refractivity contribution in [3.05, 3.63) is 33.8 Å². The van der Waals surface area contributed by atoms with Gasteiger partial charge in [0.05, 0.1) is 7.11 Å². The first-order valence-electron chi connectivity index (χ1n) is 6.20. The van der Waals surface area contributed by atoms with Gasteiger partial charge < -0.3 is 14.5 Å². The first-order chi connectivity index (χ1) is 9.93. The molecular formula is C13H13BrF2N2O3. The maximum absolute atomic E-state index is 13.8. The number of nitrogens with zero attached hydrogens (tertiary/aromatic N) is 2. The van der Waals surface area contributed by atoms with Crippen LogP contribution in [-0.2, 0) is 4.74 Å². The van der Waals surface area contributed by atoms with Crippen molar-refractivity contribution >= 4 is 27.9 Å². The van der Waals surface area contributed by atoms with Gasteiger partial charge in [-0.3, -0.25) is 4.79 Å². The lowest BCUT2D eigenvalue weighted by molar-refractivity contribution is 0.0591. The second-order valence-corrected chi connectivity index (χ2v) is 5.41. The lowest BCUT2D eigenvalue weighted by Crippen LogP contribution is -2.50. The molecule has 114 valence electrons. The van der Waals surface area contributed by atoms with Crippen LogP contribution in [0.5, 0.6) is 0 Å². The summed E-state index contributed by atoms with van der Waals surface area (Å²) in [5.41, 5.74) is -0.579. The molecule has 1 aromatic rings. The smallest absolute Gasteiger partial charge is 0.409 e. The fraction of sp³-hybridized carbons (Fsp3) is 0.385. The molecule has 1 fully saturated rings. The number of carbonyl (C=O) groups is 2. The minimum Gasteiger partial charge on any atom is -0.453 e. The second kappa shape index (κ2) is 6.38. The quantitative estimate of drug-likeness (QED) is 0.769. The average molecular weight is 363 g/mol. The van der Waals surface area contributed by atoms with Crippen LogP contribution >= 0.6 is 15.9 Å². The molecule has 0 atom stereocenters. The highest BCUT2D eigenvalue weighted by molar-refractivity contribution is 9.10. The summed E-state index contributed by atoms with van der Waals surface area (Å²) in [6.07, 6.45) is -0.483. The normalized spacial score (nSPS) is 15.0. The lowest BCUT2D eigenvalue weighted by Gasteiger charge is -2.33. The Balaban J connectivity index is 2.11. The maximum Gasteiger partial charge on any atom is 0.409 e. The number of hydrogen-bond acceptors (Lipinski definition) is 3. The van der Waals surface area contributed by atoms with E-state index in [1.807, 2.05) is 0 Å². The van der Waals surface area contributed by atoms with Crippen molar-refractivity contribution in [2.45, 2.75) is 0 Å². The highest BCUT2D eigenvalue weighted by atomic mass is 79.9. The number of rotatable bonds is 1. The molecule has 2 amide bonds. The molecule has 1 aliphatic heterocycles. The molecule has 1 aliphatic rings. The monoisotopic (exact) mass is 362 g/mol. The minimum atomic E-state index is -0.915. The molecule has 0 unspecified atom stereocenters. The van der Waals surface area contributed by atoms with Crippen LogP contribution < -0.4 is 0 Å². The molecule has 0 N–H and O–H groups in total. The van der Waals surface area contributed by atoms with E-state index >= 15 is 0 Å². The maximum atomic E-state index is 13.8. The molecule has 0 aliphatic carbocycles. The highest BCUT2D eigenvalue weighted by Crippen LogP contribution is 2.21. The molecule has 1 saturated heterocycles. The Morgan fingerprint density at radius 1 is 1.10 bits per heavy atom. The molecule has 21 heavy (non-hydrogen) atoms. The largest absolute Gasteiger partial charge is 0.453 e. The standard InChI is InChI=1S/C13H13BrF2N2O3/c1-21-13(20)18-4-2-17(3-5-18)12(19)11-9(15)6-8(14)7-10(11)16/h6-7H,2-5H2,1H3. The summed E-state index contributed by atoms with van der Waals surface area (Å²) in [4.78, 5) is 26.3. The zero-order chi connectivity index (χ0) is 15.6. The van der Waals surface area contributed by atoms with Crippen molar-refractivity contribution in [3.63, 3.8) is 0 Å². The van der Waals surface area contributed by atoms with Crippen LogP contribution in [0, 0.1) is 11.6 Å². The molecular weight excluding hydrogens is 350 g/mol. The SMILES string of the molecule is COC(=O)N1CCN(C(=O)c2c(F)cc(Br)cc2F)CC1. The molecule has 0 bridgehead atoms. The number of methoxy groups -OCH3 is 1. The number of piperazine rings is 1. The fourth-order valence-corrected chi connectivity index (χ4v) is 2.53. The van der Waals surface area contributed by atoms with Gasteiger partial charge in [0.1, 0.15) is 17.2 Å². The molecule has 0 saturated carbocycles. The average Bonchev–Trinajstić information content (AvgIpc) is 2.45. The first-order valence-corrected chi connectivity index (χ1v) is 7.00. The van der Waals surface area contributed by atoms with Crippen molar-refractivity contribution in [1.29, 1.82) is 0 Å². The molecule has 0 spiro atoms. The Morgan fingerprint density at radius 2 is 1.57 bits per heavy atom. The Labute approximate surface area is 128 Å². The fourth-order valence-electron chi connectivity index (χ4n) is 2.13. The van der Waals surface area contributed by atoms with Crippen molar-refractivity contribution < 1.29 is 23.1 Å². The van der Waals surface area contributed by atoms with Gasteiger partial charge in [-0.2, -0.15) is 0 Å². The summed E-state index contributed by atoms with van der Waals surface area (Å²) in [6.45, 7) is 0.919. The number of hydrogen-bond donors (Lipinski definition) is 0. The van der Waals surface area contributed by atoms with E-state index in [-0.39, 0.29) is 30.7 Å². The van der Waals surface area contributed by atoms with E-state index in [1.54, 1.807) is 0 Å². The first kappa shape index (κ1) is 15.7. The van der Waals surface area contributed by atoms with Gasteiger partial charge in [-0.05, 0) is 12.1 Å². The van der Waals surface area contributed by atoms with Crippen LogP contribution in [0.25, 0.3) is 0 Å². The number of benzene rings is 1. The van der Waals surface area contributed by atoms with Crippen LogP contribution in [0.1, 0.15) is 10.4 Å². The molecule has 1 heterocycles. The van der Waals surface area contributed by atoms with Gasteiger partial charge in [-0.15, -0.1) is 0 Å². The number of carbonyl (C=O) groups excluding carboxylic acids is 2.